The van der Waals surface area contributed by atoms with Gasteiger partial charge in [0.15, 0.2) is 0 Å². The van der Waals surface area contributed by atoms with E-state index in [1.807, 2.05) is 19.1 Å². The summed E-state index contributed by atoms with van der Waals surface area (Å²) in [6.45, 7) is 1.99. The van der Waals surface area contributed by atoms with Crippen LogP contribution in [-0.2, 0) is 6.42 Å². The predicted molar refractivity (Wildman–Crippen MR) is 72.1 cm³/mol. The highest BCUT2D eigenvalue weighted by Gasteiger charge is 2.15. The van der Waals surface area contributed by atoms with Crippen molar-refractivity contribution in [3.63, 3.8) is 0 Å². The maximum Gasteiger partial charge on any atom is 0.145 e. The molecule has 2 rings (SSSR count). The number of hydrogen-bond donors (Lipinski definition) is 1. The van der Waals surface area contributed by atoms with E-state index in [0.717, 1.165) is 12.0 Å². The van der Waals surface area contributed by atoms with Crippen molar-refractivity contribution in [3.8, 4) is 11.8 Å². The lowest BCUT2D eigenvalue weighted by molar-refractivity contribution is 0.890. The second-order valence-electron chi connectivity index (χ2n) is 3.69. The summed E-state index contributed by atoms with van der Waals surface area (Å²) in [7, 11) is 0. The number of nitriles is 1. The van der Waals surface area contributed by atoms with E-state index in [2.05, 4.69) is 5.10 Å². The molecule has 2 N–H and O–H groups in total. The van der Waals surface area contributed by atoms with E-state index < -0.39 is 0 Å². The summed E-state index contributed by atoms with van der Waals surface area (Å²) in [5.74, 6) is 0.250. The largest absolute Gasteiger partial charge is 0.382 e. The van der Waals surface area contributed by atoms with Gasteiger partial charge in [-0.1, -0.05) is 36.2 Å². The fourth-order valence-corrected chi connectivity index (χ4v) is 2.21. The molecule has 0 saturated heterocycles. The van der Waals surface area contributed by atoms with Crippen molar-refractivity contribution >= 4 is 29.0 Å². The lowest BCUT2D eigenvalue weighted by atomic mass is 10.1. The third kappa shape index (κ3) is 1.92. The fourth-order valence-electron chi connectivity index (χ4n) is 1.65. The van der Waals surface area contributed by atoms with Crippen molar-refractivity contribution in [2.75, 3.05) is 5.73 Å². The summed E-state index contributed by atoms with van der Waals surface area (Å²) in [6.07, 6.45) is 2.18. The molecule has 1 heterocycles. The van der Waals surface area contributed by atoms with Gasteiger partial charge >= 0.3 is 0 Å². The smallest absolute Gasteiger partial charge is 0.145 e. The molecule has 6 heteroatoms. The van der Waals surface area contributed by atoms with Crippen molar-refractivity contribution in [2.45, 2.75) is 13.3 Å². The van der Waals surface area contributed by atoms with Crippen molar-refractivity contribution in [2.24, 2.45) is 0 Å². The van der Waals surface area contributed by atoms with Crippen molar-refractivity contribution < 1.29 is 0 Å². The van der Waals surface area contributed by atoms with Gasteiger partial charge in [0.1, 0.15) is 17.5 Å². The van der Waals surface area contributed by atoms with Gasteiger partial charge in [-0.2, -0.15) is 10.4 Å². The second-order valence-corrected chi connectivity index (χ2v) is 4.45. The number of nitrogens with two attached hydrogens (primary N) is 1. The molecule has 1 aromatic heterocycles. The van der Waals surface area contributed by atoms with Gasteiger partial charge in [-0.25, -0.2) is 4.68 Å². The van der Waals surface area contributed by atoms with Gasteiger partial charge in [0.25, 0.3) is 0 Å². The van der Waals surface area contributed by atoms with Gasteiger partial charge in [0.2, 0.25) is 0 Å². The van der Waals surface area contributed by atoms with Gasteiger partial charge in [0, 0.05) is 0 Å². The van der Waals surface area contributed by atoms with Crippen LogP contribution in [0.15, 0.2) is 18.3 Å². The molecule has 2 aromatic rings. The summed E-state index contributed by atoms with van der Waals surface area (Å²) in [5, 5.41) is 13.8. The summed E-state index contributed by atoms with van der Waals surface area (Å²) in [4.78, 5) is 0. The Balaban J connectivity index is 2.62. The molecule has 4 nitrogen and oxygen atoms in total. The van der Waals surface area contributed by atoms with E-state index in [9.17, 15) is 0 Å². The van der Waals surface area contributed by atoms with Crippen LogP contribution in [0, 0.1) is 11.3 Å². The highest BCUT2D eigenvalue weighted by Crippen LogP contribution is 2.33. The number of halogens is 2. The molecule has 18 heavy (non-hydrogen) atoms. The average molecular weight is 281 g/mol. The van der Waals surface area contributed by atoms with E-state index in [1.54, 1.807) is 6.07 Å². The minimum atomic E-state index is 0.250. The number of nitrogen functional groups attached to an aromatic ring is 1. The zero-order valence-corrected chi connectivity index (χ0v) is 11.1. The van der Waals surface area contributed by atoms with E-state index in [0.29, 0.717) is 21.3 Å². The van der Waals surface area contributed by atoms with E-state index in [4.69, 9.17) is 34.2 Å². The first kappa shape index (κ1) is 12.7. The van der Waals surface area contributed by atoms with Crippen LogP contribution < -0.4 is 5.73 Å². The fraction of sp³-hybridized carbons (Fsp3) is 0.167. The minimum Gasteiger partial charge on any atom is -0.382 e. The summed E-state index contributed by atoms with van der Waals surface area (Å²) >= 11 is 12.4. The lowest BCUT2D eigenvalue weighted by Crippen LogP contribution is -2.04. The molecule has 0 aliphatic heterocycles. The average Bonchev–Trinajstić information content (AvgIpc) is 2.74. The Morgan fingerprint density at radius 2 is 2.11 bits per heavy atom. The van der Waals surface area contributed by atoms with E-state index in [1.165, 1.54) is 10.9 Å². The zero-order chi connectivity index (χ0) is 13.3. The summed E-state index contributed by atoms with van der Waals surface area (Å²) in [6, 6.07) is 5.62. The molecular weight excluding hydrogens is 271 g/mol. The molecule has 0 unspecified atom stereocenters. The molecule has 1 aromatic carbocycles. The van der Waals surface area contributed by atoms with Crippen LogP contribution in [-0.4, -0.2) is 9.78 Å². The molecule has 0 bridgehead atoms. The number of aromatic nitrogens is 2. The SMILES string of the molecule is CCc1ccc(-n2ncc(C#N)c2N)c(Cl)c1Cl. The first-order valence-electron chi connectivity index (χ1n) is 5.31. The molecule has 0 radical (unpaired) electrons. The Morgan fingerprint density at radius 1 is 1.39 bits per heavy atom. The standard InChI is InChI=1S/C12H10Cl2N4/c1-2-7-3-4-9(11(14)10(7)13)18-12(16)8(5-15)6-17-18/h3-4,6H,2,16H2,1H3. The molecule has 92 valence electrons. The number of aryl methyl sites for hydroxylation is 1. The Labute approximate surface area is 115 Å². The molecule has 0 spiro atoms. The van der Waals surface area contributed by atoms with Crippen LogP contribution in [0.25, 0.3) is 5.69 Å². The summed E-state index contributed by atoms with van der Waals surface area (Å²) in [5.41, 5.74) is 7.64. The van der Waals surface area contributed by atoms with Crippen molar-refractivity contribution in [3.05, 3.63) is 39.5 Å². The maximum atomic E-state index is 8.84. The Hall–Kier alpha value is -1.70. The quantitative estimate of drug-likeness (QED) is 0.919. The molecule has 0 aliphatic rings. The predicted octanol–water partition coefficient (Wildman–Crippen LogP) is 3.20. The topological polar surface area (TPSA) is 67.6 Å². The van der Waals surface area contributed by atoms with Crippen molar-refractivity contribution in [1.82, 2.24) is 9.78 Å². The monoisotopic (exact) mass is 280 g/mol. The second kappa shape index (κ2) is 4.89. The maximum absolute atomic E-state index is 8.84. The Bertz CT molecular complexity index is 640. The lowest BCUT2D eigenvalue weighted by Gasteiger charge is -2.10. The number of nitrogens with zero attached hydrogens (tertiary/aromatic N) is 3. The summed E-state index contributed by atoms with van der Waals surface area (Å²) < 4.78 is 1.41. The first-order chi connectivity index (χ1) is 8.60. The molecule has 0 amide bonds. The van der Waals surface area contributed by atoms with E-state index in [-0.39, 0.29) is 5.82 Å². The Kier molecular flexibility index (Phi) is 3.46. The van der Waals surface area contributed by atoms with E-state index >= 15 is 0 Å². The third-order valence-electron chi connectivity index (χ3n) is 2.68. The van der Waals surface area contributed by atoms with Crippen molar-refractivity contribution in [1.29, 1.82) is 5.26 Å². The number of hydrogen-bond acceptors (Lipinski definition) is 3. The highest BCUT2D eigenvalue weighted by atomic mass is 35.5. The molecule has 0 aliphatic carbocycles. The van der Waals surface area contributed by atoms with Crippen LogP contribution in [0.5, 0.6) is 0 Å². The Morgan fingerprint density at radius 3 is 2.67 bits per heavy atom. The zero-order valence-electron chi connectivity index (χ0n) is 9.61. The van der Waals surface area contributed by atoms with Crippen LogP contribution in [0.2, 0.25) is 10.0 Å². The van der Waals surface area contributed by atoms with Gasteiger partial charge in [-0.05, 0) is 18.1 Å². The number of rotatable bonds is 2. The molecule has 0 atom stereocenters. The van der Waals surface area contributed by atoms with Gasteiger partial charge < -0.3 is 5.73 Å². The third-order valence-corrected chi connectivity index (χ3v) is 3.59. The van der Waals surface area contributed by atoms with Gasteiger partial charge in [0.05, 0.1) is 21.9 Å². The van der Waals surface area contributed by atoms with Gasteiger partial charge in [-0.15, -0.1) is 0 Å². The first-order valence-corrected chi connectivity index (χ1v) is 6.06. The highest BCUT2D eigenvalue weighted by molar-refractivity contribution is 6.43. The minimum absolute atomic E-state index is 0.250. The van der Waals surface area contributed by atoms with Crippen LogP contribution >= 0.6 is 23.2 Å². The molecule has 0 saturated carbocycles. The van der Waals surface area contributed by atoms with Crippen LogP contribution in [0.4, 0.5) is 5.82 Å². The number of benzene rings is 1. The molecule has 0 fully saturated rings. The van der Waals surface area contributed by atoms with Gasteiger partial charge in [-0.3, -0.25) is 0 Å². The molecular formula is C12H10Cl2N4. The normalized spacial score (nSPS) is 10.3. The van der Waals surface area contributed by atoms with Crippen LogP contribution in [0.1, 0.15) is 18.1 Å². The number of anilines is 1. The van der Waals surface area contributed by atoms with Crippen LogP contribution in [0.3, 0.4) is 0 Å².